The molecule has 2 heterocycles. The molecular formula is C21H37IN4O2S. The highest BCUT2D eigenvalue weighted by Crippen LogP contribution is 2.19. The Morgan fingerprint density at radius 3 is 2.72 bits per heavy atom. The first-order valence-corrected chi connectivity index (χ1v) is 11.0. The third-order valence-electron chi connectivity index (χ3n) is 4.64. The van der Waals surface area contributed by atoms with Gasteiger partial charge in [0.25, 0.3) is 0 Å². The van der Waals surface area contributed by atoms with Crippen LogP contribution >= 0.6 is 35.3 Å². The number of hydrogen-bond donors (Lipinski definition) is 2. The molecule has 0 aliphatic carbocycles. The third-order valence-corrected chi connectivity index (χ3v) is 5.66. The van der Waals surface area contributed by atoms with Crippen LogP contribution in [0, 0.1) is 12.8 Å². The molecule has 1 saturated heterocycles. The second kappa shape index (κ2) is 12.0. The molecule has 2 atom stereocenters. The summed E-state index contributed by atoms with van der Waals surface area (Å²) in [6.45, 7) is 12.3. The number of aliphatic imine (C=N–C) groups is 1. The molecule has 8 heteroatoms. The number of amides is 1. The van der Waals surface area contributed by atoms with E-state index >= 15 is 0 Å². The molecule has 0 aromatic carbocycles. The molecule has 0 saturated carbocycles. The summed E-state index contributed by atoms with van der Waals surface area (Å²) in [4.78, 5) is 21.2. The van der Waals surface area contributed by atoms with Gasteiger partial charge in [0.05, 0.1) is 0 Å². The molecule has 166 valence electrons. The molecule has 1 aromatic rings. The summed E-state index contributed by atoms with van der Waals surface area (Å²) < 4.78 is 5.51. The summed E-state index contributed by atoms with van der Waals surface area (Å²) in [6.07, 6.45) is 2.88. The summed E-state index contributed by atoms with van der Waals surface area (Å²) in [7, 11) is 1.80. The third kappa shape index (κ3) is 9.55. The molecule has 2 rings (SSSR count). The highest BCUT2D eigenvalue weighted by Gasteiger charge is 2.27. The molecule has 1 fully saturated rings. The number of thiophene rings is 1. The van der Waals surface area contributed by atoms with Crippen molar-refractivity contribution in [3.63, 3.8) is 0 Å². The highest BCUT2D eigenvalue weighted by molar-refractivity contribution is 14.0. The Bertz CT molecular complexity index is 672. The van der Waals surface area contributed by atoms with E-state index in [4.69, 9.17) is 4.74 Å². The van der Waals surface area contributed by atoms with Gasteiger partial charge in [0, 0.05) is 48.9 Å². The lowest BCUT2D eigenvalue weighted by molar-refractivity contribution is 0.0168. The fourth-order valence-electron chi connectivity index (χ4n) is 3.34. The zero-order valence-corrected chi connectivity index (χ0v) is 21.7. The average molecular weight is 537 g/mol. The van der Waals surface area contributed by atoms with E-state index < -0.39 is 5.60 Å². The van der Waals surface area contributed by atoms with Gasteiger partial charge in [0.2, 0.25) is 0 Å². The molecule has 0 radical (unpaired) electrons. The Hall–Kier alpha value is -1.03. The molecule has 1 aromatic heterocycles. The number of aryl methyl sites for hydroxylation is 1. The van der Waals surface area contributed by atoms with Crippen molar-refractivity contribution in [3.8, 4) is 0 Å². The van der Waals surface area contributed by atoms with Gasteiger partial charge in [0.1, 0.15) is 5.60 Å². The first-order chi connectivity index (χ1) is 13.2. The maximum atomic E-state index is 12.3. The second-order valence-electron chi connectivity index (χ2n) is 8.65. The Labute approximate surface area is 196 Å². The lowest BCUT2D eigenvalue weighted by atomic mass is 9.98. The van der Waals surface area contributed by atoms with Crippen LogP contribution in [0.25, 0.3) is 0 Å². The van der Waals surface area contributed by atoms with Crippen molar-refractivity contribution in [2.75, 3.05) is 26.7 Å². The smallest absolute Gasteiger partial charge is 0.410 e. The minimum atomic E-state index is -0.453. The van der Waals surface area contributed by atoms with Crippen LogP contribution in [0.4, 0.5) is 4.79 Å². The van der Waals surface area contributed by atoms with Gasteiger partial charge in [-0.3, -0.25) is 4.99 Å². The van der Waals surface area contributed by atoms with Gasteiger partial charge >= 0.3 is 6.09 Å². The van der Waals surface area contributed by atoms with E-state index in [0.717, 1.165) is 44.9 Å². The van der Waals surface area contributed by atoms with Gasteiger partial charge in [-0.05, 0) is 65.5 Å². The van der Waals surface area contributed by atoms with Crippen LogP contribution in [0.2, 0.25) is 0 Å². The molecule has 1 amide bonds. The molecule has 0 spiro atoms. The van der Waals surface area contributed by atoms with Crippen molar-refractivity contribution in [1.82, 2.24) is 15.5 Å². The minimum Gasteiger partial charge on any atom is -0.444 e. The van der Waals surface area contributed by atoms with Gasteiger partial charge in [-0.15, -0.1) is 35.3 Å². The number of hydrogen-bond acceptors (Lipinski definition) is 4. The molecule has 2 unspecified atom stereocenters. The number of rotatable bonds is 5. The standard InChI is InChI=1S/C21H36N4O2S.HI/c1-15(12-18-10-9-16(2)28-18)24-19(22-6)23-13-17-8-7-11-25(14-17)20(26)27-21(3,4)5;/h9-10,15,17H,7-8,11-14H2,1-6H3,(H2,22,23,24);1H. The summed E-state index contributed by atoms with van der Waals surface area (Å²) >= 11 is 1.84. The number of carbonyl (C=O) groups excluding carboxylic acids is 1. The summed E-state index contributed by atoms with van der Waals surface area (Å²) in [5, 5.41) is 6.90. The second-order valence-corrected chi connectivity index (χ2v) is 10.0. The number of nitrogens with one attached hydrogen (secondary N) is 2. The number of halogens is 1. The van der Waals surface area contributed by atoms with Crippen molar-refractivity contribution in [1.29, 1.82) is 0 Å². The van der Waals surface area contributed by atoms with E-state index in [9.17, 15) is 4.79 Å². The minimum absolute atomic E-state index is 0. The van der Waals surface area contributed by atoms with Crippen molar-refractivity contribution in [2.24, 2.45) is 10.9 Å². The zero-order chi connectivity index (χ0) is 20.7. The molecule has 0 bridgehead atoms. The number of guanidine groups is 1. The SMILES string of the molecule is CN=C(NCC1CCCN(C(=O)OC(C)(C)C)C1)NC(C)Cc1ccc(C)s1.I. The lowest BCUT2D eigenvalue weighted by Gasteiger charge is -2.34. The summed E-state index contributed by atoms with van der Waals surface area (Å²) in [6, 6.07) is 4.66. The monoisotopic (exact) mass is 536 g/mol. The fraction of sp³-hybridized carbons (Fsp3) is 0.714. The molecule has 29 heavy (non-hydrogen) atoms. The van der Waals surface area contributed by atoms with E-state index in [0.29, 0.717) is 12.0 Å². The van der Waals surface area contributed by atoms with Crippen LogP contribution in [0.1, 0.15) is 50.3 Å². The van der Waals surface area contributed by atoms with Crippen molar-refractivity contribution >= 4 is 47.4 Å². The Kier molecular flexibility index (Phi) is 10.7. The fourth-order valence-corrected chi connectivity index (χ4v) is 4.36. The van der Waals surface area contributed by atoms with Gasteiger partial charge in [-0.2, -0.15) is 0 Å². The van der Waals surface area contributed by atoms with E-state index in [1.54, 1.807) is 7.05 Å². The van der Waals surface area contributed by atoms with E-state index in [-0.39, 0.29) is 30.1 Å². The van der Waals surface area contributed by atoms with Crippen molar-refractivity contribution in [2.45, 2.75) is 65.5 Å². The number of piperidine rings is 1. The van der Waals surface area contributed by atoms with Crippen LogP contribution in [0.5, 0.6) is 0 Å². The summed E-state index contributed by atoms with van der Waals surface area (Å²) in [5.41, 5.74) is -0.453. The molecule has 2 N–H and O–H groups in total. The first kappa shape index (κ1) is 26.0. The van der Waals surface area contributed by atoms with Gasteiger partial charge in [-0.25, -0.2) is 4.79 Å². The number of ether oxygens (including phenoxy) is 1. The van der Waals surface area contributed by atoms with Gasteiger partial charge in [-0.1, -0.05) is 0 Å². The predicted octanol–water partition coefficient (Wildman–Crippen LogP) is 4.42. The topological polar surface area (TPSA) is 66.0 Å². The summed E-state index contributed by atoms with van der Waals surface area (Å²) in [5.74, 6) is 1.21. The highest BCUT2D eigenvalue weighted by atomic mass is 127. The predicted molar refractivity (Wildman–Crippen MR) is 133 cm³/mol. The number of carbonyl (C=O) groups is 1. The van der Waals surface area contributed by atoms with Gasteiger partial charge in [0.15, 0.2) is 5.96 Å². The molecule has 1 aliphatic heterocycles. The Balaban J connectivity index is 0.00000420. The Morgan fingerprint density at radius 2 is 2.14 bits per heavy atom. The molecule has 1 aliphatic rings. The van der Waals surface area contributed by atoms with E-state index in [1.165, 1.54) is 9.75 Å². The van der Waals surface area contributed by atoms with Crippen LogP contribution < -0.4 is 10.6 Å². The molecule has 6 nitrogen and oxygen atoms in total. The van der Waals surface area contributed by atoms with Gasteiger partial charge < -0.3 is 20.3 Å². The average Bonchev–Trinajstić information content (AvgIpc) is 3.02. The van der Waals surface area contributed by atoms with E-state index in [1.807, 2.05) is 37.0 Å². The maximum Gasteiger partial charge on any atom is 0.410 e. The molecular weight excluding hydrogens is 499 g/mol. The lowest BCUT2D eigenvalue weighted by Crippen LogP contribution is -2.48. The van der Waals surface area contributed by atoms with Crippen molar-refractivity contribution < 1.29 is 9.53 Å². The quantitative estimate of drug-likeness (QED) is 0.332. The normalized spacial score (nSPS) is 18.6. The van der Waals surface area contributed by atoms with Crippen molar-refractivity contribution in [3.05, 3.63) is 21.9 Å². The number of likely N-dealkylation sites (tertiary alicyclic amines) is 1. The van der Waals surface area contributed by atoms with E-state index in [2.05, 4.69) is 41.6 Å². The van der Waals surface area contributed by atoms with Crippen LogP contribution in [-0.2, 0) is 11.2 Å². The largest absolute Gasteiger partial charge is 0.444 e. The zero-order valence-electron chi connectivity index (χ0n) is 18.6. The van der Waals surface area contributed by atoms with Crippen LogP contribution in [-0.4, -0.2) is 55.3 Å². The first-order valence-electron chi connectivity index (χ1n) is 10.2. The van der Waals surface area contributed by atoms with Crippen LogP contribution in [0.3, 0.4) is 0 Å². The maximum absolute atomic E-state index is 12.3. The number of nitrogens with zero attached hydrogens (tertiary/aromatic N) is 2. The van der Waals surface area contributed by atoms with Crippen LogP contribution in [0.15, 0.2) is 17.1 Å². The Morgan fingerprint density at radius 1 is 1.41 bits per heavy atom.